The second-order valence-corrected chi connectivity index (χ2v) is 6.88. The van der Waals surface area contributed by atoms with Gasteiger partial charge in [-0.3, -0.25) is 9.59 Å². The largest absolute Gasteiger partial charge is 0.463 e. The van der Waals surface area contributed by atoms with Crippen LogP contribution >= 0.6 is 0 Å². The number of ether oxygens (including phenoxy) is 6. The lowest BCUT2D eigenvalue weighted by molar-refractivity contribution is -0.175. The van der Waals surface area contributed by atoms with E-state index in [0.717, 1.165) is 0 Å². The van der Waals surface area contributed by atoms with Crippen molar-refractivity contribution < 1.29 is 38.0 Å². The van der Waals surface area contributed by atoms with Gasteiger partial charge in [-0.2, -0.15) is 0 Å². The summed E-state index contributed by atoms with van der Waals surface area (Å²) >= 11 is 0. The minimum Gasteiger partial charge on any atom is -0.463 e. The summed E-state index contributed by atoms with van der Waals surface area (Å²) in [7, 11) is 0. The summed E-state index contributed by atoms with van der Waals surface area (Å²) in [6, 6.07) is 0. The Kier molecular flexibility index (Phi) is 5.54. The Balaban J connectivity index is 2.13. The maximum atomic E-state index is 11.1. The van der Waals surface area contributed by atoms with Gasteiger partial charge in [0.2, 0.25) is 0 Å². The third-order valence-corrected chi connectivity index (χ3v) is 3.67. The molecule has 0 N–H and O–H groups in total. The summed E-state index contributed by atoms with van der Waals surface area (Å²) in [5, 5.41) is 0. The molecule has 0 aromatic rings. The van der Waals surface area contributed by atoms with Crippen molar-refractivity contribution in [1.29, 1.82) is 0 Å². The van der Waals surface area contributed by atoms with Crippen LogP contribution in [0.2, 0.25) is 0 Å². The first-order chi connectivity index (χ1) is 11.0. The quantitative estimate of drug-likeness (QED) is 0.685. The molecule has 0 unspecified atom stereocenters. The SMILES string of the molecule is CC(=O)OC[C@@H]1OC(C)(C)O[C@H]1[C@H]1OC(C)(C)O[C@@H]1COC(C)=O. The zero-order valence-corrected chi connectivity index (χ0v) is 15.0. The Hall–Kier alpha value is -1.22. The lowest BCUT2D eigenvalue weighted by Gasteiger charge is -2.25. The smallest absolute Gasteiger partial charge is 0.302 e. The van der Waals surface area contributed by atoms with E-state index in [0.29, 0.717) is 0 Å². The Morgan fingerprint density at radius 3 is 1.38 bits per heavy atom. The molecule has 2 aliphatic heterocycles. The third-order valence-electron chi connectivity index (χ3n) is 3.67. The molecule has 0 bridgehead atoms. The van der Waals surface area contributed by atoms with Gasteiger partial charge in [-0.05, 0) is 27.7 Å². The molecule has 0 aromatic carbocycles. The van der Waals surface area contributed by atoms with Crippen molar-refractivity contribution in [3.8, 4) is 0 Å². The van der Waals surface area contributed by atoms with Crippen LogP contribution in [0.3, 0.4) is 0 Å². The second-order valence-electron chi connectivity index (χ2n) is 6.88. The maximum Gasteiger partial charge on any atom is 0.302 e. The molecule has 2 heterocycles. The molecule has 2 aliphatic rings. The third kappa shape index (κ3) is 4.89. The van der Waals surface area contributed by atoms with E-state index < -0.39 is 47.9 Å². The Morgan fingerprint density at radius 2 is 1.08 bits per heavy atom. The van der Waals surface area contributed by atoms with Crippen LogP contribution < -0.4 is 0 Å². The van der Waals surface area contributed by atoms with Crippen LogP contribution in [0.4, 0.5) is 0 Å². The fraction of sp³-hybridized carbons (Fsp3) is 0.875. The predicted molar refractivity (Wildman–Crippen MR) is 80.9 cm³/mol. The number of carbonyl (C=O) groups is 2. The maximum absolute atomic E-state index is 11.1. The first kappa shape index (κ1) is 19.1. The number of esters is 2. The van der Waals surface area contributed by atoms with Gasteiger partial charge in [0.15, 0.2) is 11.6 Å². The highest BCUT2D eigenvalue weighted by molar-refractivity contribution is 5.66. The van der Waals surface area contributed by atoms with E-state index in [2.05, 4.69) is 0 Å². The molecule has 0 amide bonds. The van der Waals surface area contributed by atoms with Crippen LogP contribution in [-0.2, 0) is 38.0 Å². The Morgan fingerprint density at radius 1 is 0.750 bits per heavy atom. The summed E-state index contributed by atoms with van der Waals surface area (Å²) < 4.78 is 33.7. The van der Waals surface area contributed by atoms with Crippen molar-refractivity contribution in [1.82, 2.24) is 0 Å². The van der Waals surface area contributed by atoms with Gasteiger partial charge in [-0.1, -0.05) is 0 Å². The molecule has 8 heteroatoms. The van der Waals surface area contributed by atoms with Crippen LogP contribution in [0.1, 0.15) is 41.5 Å². The molecule has 0 aromatic heterocycles. The molecular formula is C16H26O8. The molecule has 0 aliphatic carbocycles. The predicted octanol–water partition coefficient (Wildman–Crippen LogP) is 1.15. The van der Waals surface area contributed by atoms with Gasteiger partial charge < -0.3 is 28.4 Å². The van der Waals surface area contributed by atoms with Gasteiger partial charge in [0, 0.05) is 13.8 Å². The molecule has 2 rings (SSSR count). The average molecular weight is 346 g/mol. The van der Waals surface area contributed by atoms with E-state index in [4.69, 9.17) is 28.4 Å². The highest BCUT2D eigenvalue weighted by Crippen LogP contribution is 2.38. The van der Waals surface area contributed by atoms with Crippen LogP contribution in [0.5, 0.6) is 0 Å². The van der Waals surface area contributed by atoms with Crippen LogP contribution in [-0.4, -0.2) is 61.1 Å². The minimum atomic E-state index is -0.850. The van der Waals surface area contributed by atoms with E-state index in [-0.39, 0.29) is 13.2 Å². The monoisotopic (exact) mass is 346 g/mol. The highest BCUT2D eigenvalue weighted by Gasteiger charge is 2.54. The minimum absolute atomic E-state index is 0.0456. The molecular weight excluding hydrogens is 320 g/mol. The van der Waals surface area contributed by atoms with Crippen molar-refractivity contribution in [2.45, 2.75) is 77.5 Å². The molecule has 0 radical (unpaired) electrons. The average Bonchev–Trinajstić information content (AvgIpc) is 2.89. The molecule has 4 atom stereocenters. The van der Waals surface area contributed by atoms with Gasteiger partial charge in [-0.15, -0.1) is 0 Å². The molecule has 2 saturated heterocycles. The number of rotatable bonds is 5. The summed E-state index contributed by atoms with van der Waals surface area (Å²) in [5.41, 5.74) is 0. The van der Waals surface area contributed by atoms with Gasteiger partial charge in [0.05, 0.1) is 0 Å². The lowest BCUT2D eigenvalue weighted by Crippen LogP contribution is -2.45. The molecule has 24 heavy (non-hydrogen) atoms. The van der Waals surface area contributed by atoms with Crippen LogP contribution in [0.15, 0.2) is 0 Å². The topological polar surface area (TPSA) is 89.5 Å². The van der Waals surface area contributed by atoms with Gasteiger partial charge in [0.25, 0.3) is 0 Å². The summed E-state index contributed by atoms with van der Waals surface area (Å²) in [4.78, 5) is 22.2. The van der Waals surface area contributed by atoms with Crippen molar-refractivity contribution in [3.63, 3.8) is 0 Å². The zero-order valence-electron chi connectivity index (χ0n) is 15.0. The normalized spacial score (nSPS) is 34.1. The number of carbonyl (C=O) groups excluding carboxylic acids is 2. The van der Waals surface area contributed by atoms with E-state index in [9.17, 15) is 9.59 Å². The summed E-state index contributed by atoms with van der Waals surface area (Å²) in [6.07, 6.45) is -2.07. The van der Waals surface area contributed by atoms with E-state index >= 15 is 0 Å². The number of hydrogen-bond acceptors (Lipinski definition) is 8. The van der Waals surface area contributed by atoms with E-state index in [1.54, 1.807) is 27.7 Å². The molecule has 2 fully saturated rings. The van der Waals surface area contributed by atoms with Gasteiger partial charge in [-0.25, -0.2) is 0 Å². The molecule has 0 spiro atoms. The van der Waals surface area contributed by atoms with Crippen molar-refractivity contribution >= 4 is 11.9 Å². The van der Waals surface area contributed by atoms with Gasteiger partial charge in [0.1, 0.15) is 37.6 Å². The lowest BCUT2D eigenvalue weighted by atomic mass is 10.0. The van der Waals surface area contributed by atoms with Crippen LogP contribution in [0.25, 0.3) is 0 Å². The highest BCUT2D eigenvalue weighted by atomic mass is 16.8. The molecule has 8 nitrogen and oxygen atoms in total. The summed E-state index contributed by atoms with van der Waals surface area (Å²) in [5.74, 6) is -2.50. The first-order valence-corrected chi connectivity index (χ1v) is 7.97. The zero-order chi connectivity index (χ0) is 18.1. The van der Waals surface area contributed by atoms with Crippen molar-refractivity contribution in [3.05, 3.63) is 0 Å². The Bertz CT molecular complexity index is 442. The molecule has 138 valence electrons. The Labute approximate surface area is 141 Å². The van der Waals surface area contributed by atoms with Crippen molar-refractivity contribution in [2.75, 3.05) is 13.2 Å². The second kappa shape index (κ2) is 6.95. The fourth-order valence-corrected chi connectivity index (χ4v) is 2.94. The summed E-state index contributed by atoms with van der Waals surface area (Å²) in [6.45, 7) is 9.85. The first-order valence-electron chi connectivity index (χ1n) is 7.97. The van der Waals surface area contributed by atoms with Crippen LogP contribution in [0, 0.1) is 0 Å². The van der Waals surface area contributed by atoms with Gasteiger partial charge >= 0.3 is 11.9 Å². The van der Waals surface area contributed by atoms with Crippen molar-refractivity contribution in [2.24, 2.45) is 0 Å². The fourth-order valence-electron chi connectivity index (χ4n) is 2.94. The standard InChI is InChI=1S/C16H26O8/c1-9(17)19-7-11-13(23-15(3,4)21-11)14-12(8-20-10(2)18)22-16(5,6)24-14/h11-14H,7-8H2,1-6H3/t11-,12+,13+,14-. The van der Waals surface area contributed by atoms with E-state index in [1.165, 1.54) is 13.8 Å². The van der Waals surface area contributed by atoms with E-state index in [1.807, 2.05) is 0 Å². The molecule has 0 saturated carbocycles. The number of hydrogen-bond donors (Lipinski definition) is 0.